The average Bonchev–Trinajstić information content (AvgIpc) is 2.20. The van der Waals surface area contributed by atoms with Gasteiger partial charge in [-0.05, 0) is 51.1 Å². The maximum atomic E-state index is 3.45. The molecule has 2 nitrogen and oxygen atoms in total. The molecule has 2 rings (SSSR count). The first-order chi connectivity index (χ1) is 8.15. The van der Waals surface area contributed by atoms with Crippen LogP contribution in [0.25, 0.3) is 0 Å². The van der Waals surface area contributed by atoms with Gasteiger partial charge < -0.3 is 10.2 Å². The summed E-state index contributed by atoms with van der Waals surface area (Å²) >= 11 is 0. The minimum absolute atomic E-state index is 0.561. The predicted molar refractivity (Wildman–Crippen MR) is 74.3 cm³/mol. The molecule has 0 bridgehead atoms. The largest absolute Gasteiger partial charge is 0.319 e. The summed E-state index contributed by atoms with van der Waals surface area (Å²) in [6.07, 6.45) is 10.0. The Kier molecular flexibility index (Phi) is 4.48. The van der Waals surface area contributed by atoms with Crippen molar-refractivity contribution in [3.05, 3.63) is 0 Å². The van der Waals surface area contributed by atoms with Gasteiger partial charge in [-0.3, -0.25) is 0 Å². The smallest absolute Gasteiger partial charge is 0.00924 e. The van der Waals surface area contributed by atoms with Crippen LogP contribution in [-0.2, 0) is 0 Å². The van der Waals surface area contributed by atoms with E-state index in [0.717, 1.165) is 12.0 Å². The summed E-state index contributed by atoms with van der Waals surface area (Å²) in [5.41, 5.74) is 0.561. The summed E-state index contributed by atoms with van der Waals surface area (Å²) in [4.78, 5) is 2.65. The number of hydrogen-bond acceptors (Lipinski definition) is 2. The van der Waals surface area contributed by atoms with Crippen LogP contribution >= 0.6 is 0 Å². The summed E-state index contributed by atoms with van der Waals surface area (Å²) < 4.78 is 0. The van der Waals surface area contributed by atoms with Gasteiger partial charge in [0.25, 0.3) is 0 Å². The number of hydrogen-bond donors (Lipinski definition) is 1. The molecule has 2 saturated carbocycles. The zero-order chi connectivity index (χ0) is 12.3. The van der Waals surface area contributed by atoms with Gasteiger partial charge in [0.2, 0.25) is 0 Å². The number of rotatable bonds is 5. The van der Waals surface area contributed by atoms with Crippen LogP contribution in [0.3, 0.4) is 0 Å². The normalized spacial score (nSPS) is 34.9. The van der Waals surface area contributed by atoms with E-state index in [1.807, 2.05) is 0 Å². The molecule has 2 fully saturated rings. The maximum Gasteiger partial charge on any atom is 0.00924 e. The molecule has 0 aromatic carbocycles. The molecule has 1 N–H and O–H groups in total. The Labute approximate surface area is 107 Å². The highest BCUT2D eigenvalue weighted by molar-refractivity contribution is 4.91. The Morgan fingerprint density at radius 1 is 1.18 bits per heavy atom. The first-order valence-corrected chi connectivity index (χ1v) is 7.50. The van der Waals surface area contributed by atoms with E-state index >= 15 is 0 Å². The number of nitrogens with zero attached hydrogens (tertiary/aromatic N) is 1. The molecular formula is C15H30N2. The molecule has 0 spiro atoms. The van der Waals surface area contributed by atoms with Gasteiger partial charge in [0, 0.05) is 19.1 Å². The third kappa shape index (κ3) is 3.23. The van der Waals surface area contributed by atoms with Gasteiger partial charge in [0.05, 0.1) is 0 Å². The maximum absolute atomic E-state index is 3.45. The Morgan fingerprint density at radius 2 is 1.82 bits per heavy atom. The van der Waals surface area contributed by atoms with Gasteiger partial charge in [0.1, 0.15) is 0 Å². The first kappa shape index (κ1) is 13.4. The van der Waals surface area contributed by atoms with Crippen molar-refractivity contribution in [2.24, 2.45) is 11.3 Å². The van der Waals surface area contributed by atoms with Gasteiger partial charge in [-0.15, -0.1) is 0 Å². The number of nitrogens with one attached hydrogen (secondary N) is 1. The van der Waals surface area contributed by atoms with E-state index < -0.39 is 0 Å². The third-order valence-corrected chi connectivity index (χ3v) is 5.17. The van der Waals surface area contributed by atoms with Crippen LogP contribution in [-0.4, -0.2) is 38.1 Å². The second kappa shape index (κ2) is 5.71. The van der Waals surface area contributed by atoms with Crippen LogP contribution in [0.15, 0.2) is 0 Å². The first-order valence-electron chi connectivity index (χ1n) is 7.50. The molecule has 2 aliphatic rings. The lowest BCUT2D eigenvalue weighted by Crippen LogP contribution is -2.48. The van der Waals surface area contributed by atoms with Gasteiger partial charge in [-0.2, -0.15) is 0 Å². The molecule has 2 heteroatoms. The van der Waals surface area contributed by atoms with Crippen molar-refractivity contribution in [1.82, 2.24) is 10.2 Å². The Balaban J connectivity index is 1.90. The minimum atomic E-state index is 0.561. The van der Waals surface area contributed by atoms with Crippen molar-refractivity contribution in [1.29, 1.82) is 0 Å². The Bertz CT molecular complexity index is 227. The molecule has 0 amide bonds. The molecule has 0 aromatic rings. The highest BCUT2D eigenvalue weighted by Gasteiger charge is 2.36. The molecule has 0 saturated heterocycles. The van der Waals surface area contributed by atoms with Crippen LogP contribution < -0.4 is 5.32 Å². The molecule has 17 heavy (non-hydrogen) atoms. The van der Waals surface area contributed by atoms with Crippen LogP contribution in [0.4, 0.5) is 0 Å². The van der Waals surface area contributed by atoms with Crippen LogP contribution in [0, 0.1) is 11.3 Å². The topological polar surface area (TPSA) is 15.3 Å². The van der Waals surface area contributed by atoms with Crippen molar-refractivity contribution in [3.8, 4) is 0 Å². The van der Waals surface area contributed by atoms with Crippen LogP contribution in [0.1, 0.15) is 51.9 Å². The average molecular weight is 238 g/mol. The van der Waals surface area contributed by atoms with E-state index in [9.17, 15) is 0 Å². The Hall–Kier alpha value is -0.0800. The molecule has 0 aliphatic heterocycles. The summed E-state index contributed by atoms with van der Waals surface area (Å²) in [6.45, 7) is 4.93. The highest BCUT2D eigenvalue weighted by atomic mass is 15.1. The van der Waals surface area contributed by atoms with Crippen molar-refractivity contribution >= 4 is 0 Å². The summed E-state index contributed by atoms with van der Waals surface area (Å²) in [6, 6.07) is 0.892. The molecule has 0 heterocycles. The zero-order valence-electron chi connectivity index (χ0n) is 12.0. The minimum Gasteiger partial charge on any atom is -0.319 e. The lowest BCUT2D eigenvalue weighted by molar-refractivity contribution is 0.0573. The van der Waals surface area contributed by atoms with E-state index in [1.54, 1.807) is 0 Å². The fraction of sp³-hybridized carbons (Fsp3) is 1.00. The summed E-state index contributed by atoms with van der Waals surface area (Å²) in [5, 5.41) is 3.45. The molecule has 0 radical (unpaired) electrons. The van der Waals surface area contributed by atoms with Crippen LogP contribution in [0.2, 0.25) is 0 Å². The summed E-state index contributed by atoms with van der Waals surface area (Å²) in [5.74, 6) is 0.953. The quantitative estimate of drug-likeness (QED) is 0.792. The van der Waals surface area contributed by atoms with E-state index in [4.69, 9.17) is 0 Å². The second-order valence-electron chi connectivity index (χ2n) is 6.71. The van der Waals surface area contributed by atoms with Crippen molar-refractivity contribution in [2.75, 3.05) is 27.2 Å². The lowest BCUT2D eigenvalue weighted by atomic mass is 9.70. The van der Waals surface area contributed by atoms with Crippen molar-refractivity contribution in [2.45, 2.75) is 57.9 Å². The molecule has 2 aliphatic carbocycles. The van der Waals surface area contributed by atoms with Gasteiger partial charge in [-0.1, -0.05) is 26.2 Å². The molecule has 0 aromatic heterocycles. The highest BCUT2D eigenvalue weighted by Crippen LogP contribution is 2.40. The monoisotopic (exact) mass is 238 g/mol. The van der Waals surface area contributed by atoms with Gasteiger partial charge in [-0.25, -0.2) is 0 Å². The zero-order valence-corrected chi connectivity index (χ0v) is 12.0. The molecule has 100 valence electrons. The van der Waals surface area contributed by atoms with Crippen molar-refractivity contribution in [3.63, 3.8) is 0 Å². The molecule has 0 unspecified atom stereocenters. The Morgan fingerprint density at radius 3 is 2.29 bits per heavy atom. The molecule has 0 atom stereocenters. The van der Waals surface area contributed by atoms with E-state index in [0.29, 0.717) is 5.41 Å². The second-order valence-corrected chi connectivity index (χ2v) is 6.71. The summed E-state index contributed by atoms with van der Waals surface area (Å²) in [7, 11) is 4.46. The standard InChI is InChI=1S/C15H30N2/c1-13-7-9-15(10-8-13,11-16-2)12-17(3)14-5-4-6-14/h13-14,16H,4-12H2,1-3H3. The fourth-order valence-corrected chi connectivity index (χ4v) is 3.63. The van der Waals surface area contributed by atoms with Crippen LogP contribution in [0.5, 0.6) is 0 Å². The third-order valence-electron chi connectivity index (χ3n) is 5.17. The SMILES string of the molecule is CNCC1(CN(C)C2CCC2)CCC(C)CC1. The molecular weight excluding hydrogens is 208 g/mol. The van der Waals surface area contributed by atoms with E-state index in [-0.39, 0.29) is 0 Å². The van der Waals surface area contributed by atoms with Crippen molar-refractivity contribution < 1.29 is 0 Å². The van der Waals surface area contributed by atoms with E-state index in [1.165, 1.54) is 58.0 Å². The van der Waals surface area contributed by atoms with Gasteiger partial charge >= 0.3 is 0 Å². The predicted octanol–water partition coefficient (Wildman–Crippen LogP) is 2.89. The fourth-order valence-electron chi connectivity index (χ4n) is 3.63. The lowest BCUT2D eigenvalue weighted by Gasteiger charge is -2.45. The van der Waals surface area contributed by atoms with Gasteiger partial charge in [0.15, 0.2) is 0 Å². The van der Waals surface area contributed by atoms with E-state index in [2.05, 4.69) is 31.2 Å².